The van der Waals surface area contributed by atoms with Crippen LogP contribution in [0.3, 0.4) is 0 Å². The second kappa shape index (κ2) is 5.61. The quantitative estimate of drug-likeness (QED) is 0.498. The van der Waals surface area contributed by atoms with Gasteiger partial charge in [0, 0.05) is 11.3 Å². The molecule has 0 fully saturated rings. The van der Waals surface area contributed by atoms with Crippen LogP contribution in [0.25, 0.3) is 0 Å². The summed E-state index contributed by atoms with van der Waals surface area (Å²) in [6.45, 7) is 3.43. The molecule has 0 aliphatic carbocycles. The van der Waals surface area contributed by atoms with Crippen LogP contribution in [0.15, 0.2) is 17.3 Å². The van der Waals surface area contributed by atoms with Crippen LogP contribution in [0.4, 0.5) is 5.69 Å². The van der Waals surface area contributed by atoms with Crippen molar-refractivity contribution in [3.63, 3.8) is 0 Å². The van der Waals surface area contributed by atoms with Gasteiger partial charge in [0.05, 0.1) is 16.6 Å². The van der Waals surface area contributed by atoms with Gasteiger partial charge in [0.15, 0.2) is 0 Å². The van der Waals surface area contributed by atoms with Crippen LogP contribution < -0.4 is 0 Å². The predicted octanol–water partition coefficient (Wildman–Crippen LogP) is 1.72. The van der Waals surface area contributed by atoms with Crippen molar-refractivity contribution in [2.24, 2.45) is 0 Å². The van der Waals surface area contributed by atoms with Crippen molar-refractivity contribution < 1.29 is 10.0 Å². The highest BCUT2D eigenvalue weighted by Crippen LogP contribution is 2.28. The molecule has 2 unspecified atom stereocenters. The lowest BCUT2D eigenvalue weighted by molar-refractivity contribution is -0.385. The van der Waals surface area contributed by atoms with E-state index in [1.54, 1.807) is 13.8 Å². The molecule has 0 spiro atoms. The molecule has 0 amide bonds. The number of pyridine rings is 1. The molecule has 0 aliphatic rings. The lowest BCUT2D eigenvalue weighted by Crippen LogP contribution is -2.15. The van der Waals surface area contributed by atoms with Gasteiger partial charge in [-0.25, -0.2) is 4.98 Å². The van der Waals surface area contributed by atoms with Gasteiger partial charge in [0.1, 0.15) is 17.3 Å². The Morgan fingerprint density at radius 3 is 2.76 bits per heavy atom. The number of aliphatic hydroxyl groups is 1. The van der Waals surface area contributed by atoms with E-state index in [0.29, 0.717) is 5.03 Å². The van der Waals surface area contributed by atoms with Crippen molar-refractivity contribution >= 4 is 17.4 Å². The summed E-state index contributed by atoms with van der Waals surface area (Å²) in [4.78, 5) is 13.8. The lowest BCUT2D eigenvalue weighted by Gasteiger charge is -2.13. The molecule has 7 heteroatoms. The minimum Gasteiger partial charge on any atom is -0.392 e. The molecule has 0 aliphatic heterocycles. The van der Waals surface area contributed by atoms with Gasteiger partial charge in [-0.1, -0.05) is 18.7 Å². The Balaban J connectivity index is 3.02. The fraction of sp³-hybridized carbons (Fsp3) is 0.400. The zero-order chi connectivity index (χ0) is 13.0. The zero-order valence-corrected chi connectivity index (χ0v) is 10.1. The molecule has 1 N–H and O–H groups in total. The first-order chi connectivity index (χ1) is 7.95. The first-order valence-electron chi connectivity index (χ1n) is 4.85. The number of aromatic nitrogens is 1. The summed E-state index contributed by atoms with van der Waals surface area (Å²) in [5.74, 6) is 0. The van der Waals surface area contributed by atoms with Crippen molar-refractivity contribution in [2.45, 2.75) is 30.2 Å². The lowest BCUT2D eigenvalue weighted by atomic mass is 10.3. The van der Waals surface area contributed by atoms with Crippen molar-refractivity contribution in [2.75, 3.05) is 0 Å². The number of thioether (sulfide) groups is 1. The minimum absolute atomic E-state index is 0.143. The molecule has 17 heavy (non-hydrogen) atoms. The third-order valence-electron chi connectivity index (χ3n) is 2.14. The van der Waals surface area contributed by atoms with Crippen molar-refractivity contribution in [1.29, 1.82) is 5.26 Å². The van der Waals surface area contributed by atoms with Crippen molar-refractivity contribution in [3.05, 3.63) is 27.9 Å². The summed E-state index contributed by atoms with van der Waals surface area (Å²) in [5.41, 5.74) is -0.0627. The van der Waals surface area contributed by atoms with Crippen molar-refractivity contribution in [1.82, 2.24) is 4.98 Å². The number of nitro groups is 1. The van der Waals surface area contributed by atoms with E-state index in [1.165, 1.54) is 17.8 Å². The Kier molecular flexibility index (Phi) is 4.43. The summed E-state index contributed by atoms with van der Waals surface area (Å²) in [6.07, 6.45) is 0.557. The van der Waals surface area contributed by atoms with Gasteiger partial charge in [-0.05, 0) is 6.92 Å². The maximum Gasteiger partial charge on any atom is 0.288 e. The highest BCUT2D eigenvalue weighted by atomic mass is 32.2. The highest BCUT2D eigenvalue weighted by Gasteiger charge is 2.17. The molecule has 2 atom stereocenters. The Morgan fingerprint density at radius 1 is 1.65 bits per heavy atom. The number of nitriles is 1. The van der Waals surface area contributed by atoms with Crippen LogP contribution in [-0.2, 0) is 0 Å². The van der Waals surface area contributed by atoms with Gasteiger partial charge in [-0.2, -0.15) is 5.26 Å². The van der Waals surface area contributed by atoms with E-state index in [2.05, 4.69) is 4.98 Å². The summed E-state index contributed by atoms with van der Waals surface area (Å²) in [6, 6.07) is 3.05. The molecule has 90 valence electrons. The van der Waals surface area contributed by atoms with E-state index in [4.69, 9.17) is 5.26 Å². The molecule has 1 heterocycles. The van der Waals surface area contributed by atoms with E-state index in [-0.39, 0.29) is 16.5 Å². The SMILES string of the molecule is CC(O)C(C)Sc1ncc([N+](=O)[O-])cc1C#N. The monoisotopic (exact) mass is 253 g/mol. The van der Waals surface area contributed by atoms with Gasteiger partial charge in [0.2, 0.25) is 0 Å². The van der Waals surface area contributed by atoms with Gasteiger partial charge in [-0.3, -0.25) is 10.1 Å². The Bertz CT molecular complexity index is 470. The number of hydrogen-bond donors (Lipinski definition) is 1. The Labute approximate surface area is 102 Å². The van der Waals surface area contributed by atoms with Crippen LogP contribution in [0.2, 0.25) is 0 Å². The zero-order valence-electron chi connectivity index (χ0n) is 9.32. The molecule has 0 aromatic carbocycles. The third kappa shape index (κ3) is 3.41. The van der Waals surface area contributed by atoms with Crippen LogP contribution in [0.5, 0.6) is 0 Å². The van der Waals surface area contributed by atoms with Crippen LogP contribution in [0.1, 0.15) is 19.4 Å². The molecular formula is C10H11N3O3S. The molecule has 0 bridgehead atoms. The molecule has 0 radical (unpaired) electrons. The van der Waals surface area contributed by atoms with E-state index in [1.807, 2.05) is 6.07 Å². The second-order valence-electron chi connectivity index (χ2n) is 3.48. The fourth-order valence-electron chi connectivity index (χ4n) is 0.990. The number of nitrogens with zero attached hydrogens (tertiary/aromatic N) is 3. The predicted molar refractivity (Wildman–Crippen MR) is 62.6 cm³/mol. The molecule has 1 rings (SSSR count). The molecule has 1 aromatic heterocycles. The summed E-state index contributed by atoms with van der Waals surface area (Å²) in [5, 5.41) is 29.0. The number of aliphatic hydroxyl groups excluding tert-OH is 1. The summed E-state index contributed by atoms with van der Waals surface area (Å²) < 4.78 is 0. The molecule has 0 saturated carbocycles. The van der Waals surface area contributed by atoms with Crippen molar-refractivity contribution in [3.8, 4) is 6.07 Å². The van der Waals surface area contributed by atoms with Gasteiger partial charge >= 0.3 is 0 Å². The van der Waals surface area contributed by atoms with E-state index in [9.17, 15) is 15.2 Å². The minimum atomic E-state index is -0.597. The standard InChI is InChI=1S/C10H11N3O3S/c1-6(14)7(2)17-10-8(4-11)3-9(5-12-10)13(15)16/h3,5-7,14H,1-2H3. The maximum atomic E-state index is 10.5. The van der Waals surface area contributed by atoms with E-state index < -0.39 is 11.0 Å². The van der Waals surface area contributed by atoms with E-state index in [0.717, 1.165) is 6.20 Å². The molecule has 1 aromatic rings. The maximum absolute atomic E-state index is 10.5. The third-order valence-corrected chi connectivity index (χ3v) is 3.46. The molecule has 6 nitrogen and oxygen atoms in total. The van der Waals surface area contributed by atoms with E-state index >= 15 is 0 Å². The average molecular weight is 253 g/mol. The number of rotatable bonds is 4. The van der Waals surface area contributed by atoms with Crippen LogP contribution in [-0.4, -0.2) is 26.4 Å². The van der Waals surface area contributed by atoms with Gasteiger partial charge in [0.25, 0.3) is 5.69 Å². The van der Waals surface area contributed by atoms with Crippen LogP contribution >= 0.6 is 11.8 Å². The topological polar surface area (TPSA) is 100 Å². The largest absolute Gasteiger partial charge is 0.392 e. The normalized spacial score (nSPS) is 13.8. The van der Waals surface area contributed by atoms with Gasteiger partial charge < -0.3 is 5.11 Å². The molecule has 0 saturated heterocycles. The average Bonchev–Trinajstić information content (AvgIpc) is 2.28. The first kappa shape index (κ1) is 13.4. The smallest absolute Gasteiger partial charge is 0.288 e. The Morgan fingerprint density at radius 2 is 2.29 bits per heavy atom. The second-order valence-corrected chi connectivity index (χ2v) is 4.84. The van der Waals surface area contributed by atoms with Crippen LogP contribution in [0, 0.1) is 21.4 Å². The fourth-order valence-corrected chi connectivity index (χ4v) is 1.88. The highest BCUT2D eigenvalue weighted by molar-refractivity contribution is 7.99. The number of hydrogen-bond acceptors (Lipinski definition) is 6. The molecular weight excluding hydrogens is 242 g/mol. The van der Waals surface area contributed by atoms with Gasteiger partial charge in [-0.15, -0.1) is 0 Å². The summed E-state index contributed by atoms with van der Waals surface area (Å²) >= 11 is 1.22. The Hall–Kier alpha value is -1.65. The first-order valence-corrected chi connectivity index (χ1v) is 5.73. The summed E-state index contributed by atoms with van der Waals surface area (Å²) in [7, 11) is 0.